The summed E-state index contributed by atoms with van der Waals surface area (Å²) < 4.78 is 13.0. The van der Waals surface area contributed by atoms with E-state index in [9.17, 15) is 4.39 Å². The number of nitrogens with one attached hydrogen (secondary N) is 1. The van der Waals surface area contributed by atoms with Crippen LogP contribution in [-0.4, -0.2) is 21.6 Å². The van der Waals surface area contributed by atoms with E-state index in [4.69, 9.17) is 4.99 Å². The zero-order valence-electron chi connectivity index (χ0n) is 10.9. The molecule has 20 heavy (non-hydrogen) atoms. The van der Waals surface area contributed by atoms with E-state index < -0.39 is 0 Å². The highest BCUT2D eigenvalue weighted by Crippen LogP contribution is 2.33. The largest absolute Gasteiger partial charge is 0.324 e. The molecule has 0 saturated heterocycles. The van der Waals surface area contributed by atoms with E-state index in [-0.39, 0.29) is 5.97 Å². The van der Waals surface area contributed by atoms with Gasteiger partial charge in [-0.3, -0.25) is 0 Å². The van der Waals surface area contributed by atoms with E-state index in [1.54, 1.807) is 12.4 Å². The first kappa shape index (κ1) is 11.5. The molecule has 0 aromatic carbocycles. The molecular weight excluding hydrogens is 255 g/mol. The summed E-state index contributed by atoms with van der Waals surface area (Å²) in [6.07, 6.45) is 6.26. The number of nitrogens with zero attached hydrogens (tertiary/aromatic N) is 3. The van der Waals surface area contributed by atoms with Crippen LogP contribution in [0.5, 0.6) is 0 Å². The highest BCUT2D eigenvalue weighted by molar-refractivity contribution is 6.05. The van der Waals surface area contributed by atoms with Crippen LogP contribution in [0.1, 0.15) is 24.8 Å². The molecule has 0 aliphatic carbocycles. The van der Waals surface area contributed by atoms with E-state index in [0.29, 0.717) is 12.8 Å². The minimum absolute atomic E-state index is 0.291. The van der Waals surface area contributed by atoms with Crippen molar-refractivity contribution in [1.82, 2.24) is 9.97 Å². The molecule has 0 saturated carbocycles. The van der Waals surface area contributed by atoms with E-state index in [0.717, 1.165) is 41.0 Å². The summed E-state index contributed by atoms with van der Waals surface area (Å²) in [5, 5.41) is 1.15. The molecule has 0 amide bonds. The Hall–Kier alpha value is -2.30. The summed E-state index contributed by atoms with van der Waals surface area (Å²) in [6, 6.07) is 4.01. The van der Waals surface area contributed by atoms with Gasteiger partial charge in [-0.1, -0.05) is 0 Å². The number of aliphatic imine (C=N–C) groups is 2. The minimum atomic E-state index is -0.291. The normalized spacial score (nSPS) is 18.4. The van der Waals surface area contributed by atoms with Crippen LogP contribution in [0.2, 0.25) is 0 Å². The van der Waals surface area contributed by atoms with Crippen LogP contribution in [0.3, 0.4) is 0 Å². The molecule has 4 heterocycles. The van der Waals surface area contributed by atoms with Crippen molar-refractivity contribution in [3.8, 4) is 0 Å². The molecule has 2 aliphatic rings. The number of H-pyrrole nitrogens is 1. The van der Waals surface area contributed by atoms with Crippen molar-refractivity contribution >= 4 is 28.5 Å². The molecule has 0 bridgehead atoms. The van der Waals surface area contributed by atoms with Crippen molar-refractivity contribution in [2.75, 3.05) is 0 Å². The number of fused-ring (bicyclic) bond motifs is 3. The second-order valence-electron chi connectivity index (χ2n) is 5.07. The average Bonchev–Trinajstić information content (AvgIpc) is 2.85. The predicted octanol–water partition coefficient (Wildman–Crippen LogP) is 3.63. The molecule has 0 unspecified atom stereocenters. The lowest BCUT2D eigenvalue weighted by Gasteiger charge is -2.16. The summed E-state index contributed by atoms with van der Waals surface area (Å²) >= 11 is 0. The standard InChI is InChI=1S/C15H13FN4/c16-13-6-3-9(8-18-13)12-5-4-11-10-2-1-7-17-14(10)20-15(11)19-12/h1-2,7-8H,3-6H2,(H,17,20). The molecule has 2 aliphatic heterocycles. The molecule has 2 aromatic heterocycles. The van der Waals surface area contributed by atoms with Crippen LogP contribution in [0.25, 0.3) is 11.0 Å². The summed E-state index contributed by atoms with van der Waals surface area (Å²) in [5.41, 5.74) is 4.16. The first-order valence-electron chi connectivity index (χ1n) is 6.76. The molecular formula is C15H13FN4. The number of hydrogen-bond donors (Lipinski definition) is 1. The molecule has 0 radical (unpaired) electrons. The van der Waals surface area contributed by atoms with Crippen LogP contribution in [0, 0.1) is 0 Å². The maximum absolute atomic E-state index is 13.0. The van der Waals surface area contributed by atoms with Gasteiger partial charge in [0.1, 0.15) is 11.5 Å². The lowest BCUT2D eigenvalue weighted by Crippen LogP contribution is -2.11. The number of aromatic nitrogens is 2. The number of halogens is 1. The van der Waals surface area contributed by atoms with Gasteiger partial charge in [0.15, 0.2) is 5.97 Å². The van der Waals surface area contributed by atoms with Crippen molar-refractivity contribution in [1.29, 1.82) is 0 Å². The van der Waals surface area contributed by atoms with Gasteiger partial charge in [-0.2, -0.15) is 4.39 Å². The van der Waals surface area contributed by atoms with Crippen LogP contribution < -0.4 is 0 Å². The zero-order chi connectivity index (χ0) is 13.5. The number of aromatic amines is 1. The Morgan fingerprint density at radius 3 is 2.95 bits per heavy atom. The number of pyridine rings is 1. The quantitative estimate of drug-likeness (QED) is 0.843. The van der Waals surface area contributed by atoms with E-state index >= 15 is 0 Å². The van der Waals surface area contributed by atoms with Gasteiger partial charge in [-0.05, 0) is 37.0 Å². The third-order valence-corrected chi connectivity index (χ3v) is 3.85. The molecule has 0 atom stereocenters. The maximum atomic E-state index is 13.0. The van der Waals surface area contributed by atoms with E-state index in [1.165, 1.54) is 5.56 Å². The second-order valence-corrected chi connectivity index (χ2v) is 5.07. The van der Waals surface area contributed by atoms with Crippen molar-refractivity contribution in [3.63, 3.8) is 0 Å². The van der Waals surface area contributed by atoms with Gasteiger partial charge in [-0.15, -0.1) is 0 Å². The van der Waals surface area contributed by atoms with E-state index in [2.05, 4.69) is 21.0 Å². The highest BCUT2D eigenvalue weighted by atomic mass is 19.1. The molecule has 0 fully saturated rings. The second kappa shape index (κ2) is 4.37. The Balaban J connectivity index is 1.79. The van der Waals surface area contributed by atoms with Crippen LogP contribution in [0.15, 0.2) is 40.1 Å². The fraction of sp³-hybridized carbons (Fsp3) is 0.267. The molecule has 4 nitrogen and oxygen atoms in total. The Kier molecular flexibility index (Phi) is 2.52. The summed E-state index contributed by atoms with van der Waals surface area (Å²) in [6.45, 7) is 0. The smallest absolute Gasteiger partial charge is 0.189 e. The summed E-state index contributed by atoms with van der Waals surface area (Å²) in [5.74, 6) is 0.594. The molecule has 4 rings (SSSR count). The third kappa shape index (κ3) is 1.78. The number of hydrogen-bond acceptors (Lipinski definition) is 3. The molecule has 5 heteroatoms. The van der Waals surface area contributed by atoms with Crippen molar-refractivity contribution in [2.45, 2.75) is 25.7 Å². The van der Waals surface area contributed by atoms with Gasteiger partial charge < -0.3 is 4.98 Å². The third-order valence-electron chi connectivity index (χ3n) is 3.85. The van der Waals surface area contributed by atoms with Crippen molar-refractivity contribution in [3.05, 3.63) is 35.7 Å². The van der Waals surface area contributed by atoms with Crippen LogP contribution in [-0.2, 0) is 6.42 Å². The lowest BCUT2D eigenvalue weighted by molar-refractivity contribution is 0.746. The van der Waals surface area contributed by atoms with Crippen molar-refractivity contribution < 1.29 is 4.39 Å². The van der Waals surface area contributed by atoms with Crippen LogP contribution in [0.4, 0.5) is 10.2 Å². The molecule has 100 valence electrons. The SMILES string of the molecule is FC1=NC=C(C2=Nc3[nH]c4ncccc4c3CC2)CC1. The first-order chi connectivity index (χ1) is 9.81. The highest BCUT2D eigenvalue weighted by Gasteiger charge is 2.21. The van der Waals surface area contributed by atoms with Crippen molar-refractivity contribution in [2.24, 2.45) is 9.98 Å². The van der Waals surface area contributed by atoms with Gasteiger partial charge >= 0.3 is 0 Å². The Morgan fingerprint density at radius 1 is 1.15 bits per heavy atom. The van der Waals surface area contributed by atoms with E-state index in [1.807, 2.05) is 6.07 Å². The fourth-order valence-electron chi connectivity index (χ4n) is 2.81. The Bertz CT molecular complexity index is 782. The fourth-order valence-corrected chi connectivity index (χ4v) is 2.81. The van der Waals surface area contributed by atoms with Gasteiger partial charge in [0.05, 0.1) is 0 Å². The number of rotatable bonds is 1. The maximum Gasteiger partial charge on any atom is 0.189 e. The first-order valence-corrected chi connectivity index (χ1v) is 6.76. The number of aryl methyl sites for hydroxylation is 1. The van der Waals surface area contributed by atoms with Crippen LogP contribution >= 0.6 is 0 Å². The Morgan fingerprint density at radius 2 is 2.10 bits per heavy atom. The minimum Gasteiger partial charge on any atom is -0.324 e. The monoisotopic (exact) mass is 268 g/mol. The summed E-state index contributed by atoms with van der Waals surface area (Å²) in [7, 11) is 0. The molecule has 2 aromatic rings. The van der Waals surface area contributed by atoms with Gasteiger partial charge in [0.25, 0.3) is 0 Å². The van der Waals surface area contributed by atoms with Gasteiger partial charge in [0, 0.05) is 35.5 Å². The Labute approximate surface area is 115 Å². The number of allylic oxidation sites excluding steroid dienone is 1. The van der Waals surface area contributed by atoms with Gasteiger partial charge in [0.2, 0.25) is 0 Å². The van der Waals surface area contributed by atoms with Gasteiger partial charge in [-0.25, -0.2) is 15.0 Å². The lowest BCUT2D eigenvalue weighted by atomic mass is 9.96. The zero-order valence-corrected chi connectivity index (χ0v) is 10.9. The average molecular weight is 268 g/mol. The summed E-state index contributed by atoms with van der Waals surface area (Å²) in [4.78, 5) is 16.0. The molecule has 1 N–H and O–H groups in total. The molecule has 0 spiro atoms. The topological polar surface area (TPSA) is 53.4 Å². The predicted molar refractivity (Wildman–Crippen MR) is 77.4 cm³/mol.